The lowest BCUT2D eigenvalue weighted by molar-refractivity contribution is -0.118. The third kappa shape index (κ3) is 6.01. The van der Waals surface area contributed by atoms with Gasteiger partial charge in [-0.1, -0.05) is 44.5 Å². The molecule has 0 radical (unpaired) electrons. The molecular formula is C29H31BrClFN4O3. The van der Waals surface area contributed by atoms with Crippen LogP contribution in [0.5, 0.6) is 0 Å². The number of hydrogen-bond donors (Lipinski definition) is 3. The van der Waals surface area contributed by atoms with Crippen LogP contribution >= 0.6 is 27.5 Å². The number of nitrogens with one attached hydrogen (secondary N) is 2. The Balaban J connectivity index is 1.82. The number of carbonyl (C=O) groups is 2. The van der Waals surface area contributed by atoms with Crippen LogP contribution in [-0.2, 0) is 15.1 Å². The minimum Gasteiger partial charge on any atom is -0.465 e. The standard InChI is InChI=1S/C29H31BrClFN4O3/c1-28(2,3)14-22-29(33,21-13-10-17(30)15-34-21)23(19-6-5-7-20(31)24(19)32)25(36-22)26(37)35-18-11-8-16(9-12-18)27(38)39-4/h5-13,15,22-23,25,36H,14,33H2,1-4H3,(H,35,37)/t22-,23-,25+,29+/m0/s1. The Morgan fingerprint density at radius 1 is 1.18 bits per heavy atom. The second kappa shape index (κ2) is 11.3. The number of esters is 1. The maximum absolute atomic E-state index is 15.6. The van der Waals surface area contributed by atoms with E-state index in [-0.39, 0.29) is 16.0 Å². The van der Waals surface area contributed by atoms with Gasteiger partial charge in [-0.2, -0.15) is 0 Å². The van der Waals surface area contributed by atoms with Gasteiger partial charge in [-0.3, -0.25) is 9.78 Å². The van der Waals surface area contributed by atoms with Gasteiger partial charge in [0.25, 0.3) is 0 Å². The molecular weight excluding hydrogens is 587 g/mol. The summed E-state index contributed by atoms with van der Waals surface area (Å²) in [7, 11) is 1.30. The Bertz CT molecular complexity index is 1360. The molecule has 1 fully saturated rings. The van der Waals surface area contributed by atoms with Gasteiger partial charge in [0.15, 0.2) is 0 Å². The van der Waals surface area contributed by atoms with Crippen LogP contribution in [0.25, 0.3) is 0 Å². The number of pyridine rings is 1. The van der Waals surface area contributed by atoms with Crippen molar-refractivity contribution in [2.24, 2.45) is 11.1 Å². The molecule has 2 heterocycles. The van der Waals surface area contributed by atoms with Crippen LogP contribution in [-0.4, -0.2) is 36.1 Å². The first-order valence-corrected chi connectivity index (χ1v) is 13.6. The predicted molar refractivity (Wildman–Crippen MR) is 153 cm³/mol. The first-order chi connectivity index (χ1) is 18.3. The van der Waals surface area contributed by atoms with Crippen molar-refractivity contribution in [1.29, 1.82) is 0 Å². The minimum absolute atomic E-state index is 0.0598. The summed E-state index contributed by atoms with van der Waals surface area (Å²) in [5.74, 6) is -2.38. The van der Waals surface area contributed by atoms with E-state index in [0.717, 1.165) is 4.47 Å². The molecule has 0 saturated carbocycles. The fourth-order valence-electron chi connectivity index (χ4n) is 5.21. The number of nitrogens with two attached hydrogens (primary N) is 1. The molecule has 206 valence electrons. The number of rotatable bonds is 6. The van der Waals surface area contributed by atoms with E-state index in [1.807, 2.05) is 6.07 Å². The van der Waals surface area contributed by atoms with Crippen LogP contribution in [0.2, 0.25) is 5.02 Å². The SMILES string of the molecule is COC(=O)c1ccc(NC(=O)[C@@H]2N[C@@H](CC(C)(C)C)[C@](N)(c3ccc(Br)cn3)[C@H]2c2cccc(Cl)c2F)cc1. The summed E-state index contributed by atoms with van der Waals surface area (Å²) in [5, 5.41) is 6.26. The van der Waals surface area contributed by atoms with Crippen molar-refractivity contribution < 1.29 is 18.7 Å². The molecule has 2 aromatic carbocycles. The number of anilines is 1. The lowest BCUT2D eigenvalue weighted by Crippen LogP contribution is -2.52. The summed E-state index contributed by atoms with van der Waals surface area (Å²) in [6.07, 6.45) is 2.22. The Morgan fingerprint density at radius 2 is 1.87 bits per heavy atom. The van der Waals surface area contributed by atoms with Gasteiger partial charge >= 0.3 is 5.97 Å². The highest BCUT2D eigenvalue weighted by Crippen LogP contribution is 2.48. The number of benzene rings is 2. The number of halogens is 3. The van der Waals surface area contributed by atoms with E-state index >= 15 is 4.39 Å². The first kappa shape index (κ1) is 29.1. The number of amides is 1. The molecule has 1 aromatic heterocycles. The highest BCUT2D eigenvalue weighted by Gasteiger charge is 2.58. The van der Waals surface area contributed by atoms with Crippen LogP contribution in [0.15, 0.2) is 65.3 Å². The molecule has 10 heteroatoms. The summed E-state index contributed by atoms with van der Waals surface area (Å²) < 4.78 is 21.1. The second-order valence-corrected chi connectivity index (χ2v) is 12.3. The van der Waals surface area contributed by atoms with E-state index in [0.29, 0.717) is 23.4 Å². The van der Waals surface area contributed by atoms with Crippen molar-refractivity contribution in [3.05, 3.63) is 92.9 Å². The van der Waals surface area contributed by atoms with Gasteiger partial charge in [-0.05, 0) is 75.8 Å². The number of aromatic nitrogens is 1. The molecule has 1 amide bonds. The number of methoxy groups -OCH3 is 1. The lowest BCUT2D eigenvalue weighted by atomic mass is 9.70. The Hall–Kier alpha value is -2.85. The van der Waals surface area contributed by atoms with Crippen LogP contribution < -0.4 is 16.4 Å². The lowest BCUT2D eigenvalue weighted by Gasteiger charge is -2.38. The molecule has 3 aromatic rings. The topological polar surface area (TPSA) is 106 Å². The van der Waals surface area contributed by atoms with Crippen molar-refractivity contribution in [1.82, 2.24) is 10.3 Å². The summed E-state index contributed by atoms with van der Waals surface area (Å²) in [5.41, 5.74) is 7.40. The number of nitrogens with zero attached hydrogens (tertiary/aromatic N) is 1. The highest BCUT2D eigenvalue weighted by atomic mass is 79.9. The third-order valence-corrected chi connectivity index (χ3v) is 7.73. The molecule has 7 nitrogen and oxygen atoms in total. The monoisotopic (exact) mass is 616 g/mol. The quantitative estimate of drug-likeness (QED) is 0.303. The summed E-state index contributed by atoms with van der Waals surface area (Å²) in [6.45, 7) is 6.24. The Kier molecular flexibility index (Phi) is 8.47. The van der Waals surface area contributed by atoms with E-state index in [2.05, 4.69) is 52.3 Å². The fraction of sp³-hybridized carbons (Fsp3) is 0.345. The molecule has 1 aliphatic rings. The largest absolute Gasteiger partial charge is 0.465 e. The number of hydrogen-bond acceptors (Lipinski definition) is 6. The summed E-state index contributed by atoms with van der Waals surface area (Å²) in [6, 6.07) is 13.3. The van der Waals surface area contributed by atoms with Gasteiger partial charge in [0, 0.05) is 28.3 Å². The van der Waals surface area contributed by atoms with E-state index in [1.54, 1.807) is 48.7 Å². The van der Waals surface area contributed by atoms with E-state index < -0.39 is 41.2 Å². The average Bonchev–Trinajstić information content (AvgIpc) is 3.17. The van der Waals surface area contributed by atoms with Crippen molar-refractivity contribution in [2.45, 2.75) is 50.7 Å². The molecule has 1 aliphatic heterocycles. The van der Waals surface area contributed by atoms with Gasteiger partial charge in [0.1, 0.15) is 5.82 Å². The van der Waals surface area contributed by atoms with Gasteiger partial charge in [-0.25, -0.2) is 9.18 Å². The van der Waals surface area contributed by atoms with Crippen LogP contribution in [0.1, 0.15) is 54.7 Å². The maximum atomic E-state index is 15.6. The predicted octanol–water partition coefficient (Wildman–Crippen LogP) is 5.78. The maximum Gasteiger partial charge on any atom is 0.337 e. The van der Waals surface area contributed by atoms with Crippen LogP contribution in [0.3, 0.4) is 0 Å². The molecule has 0 aliphatic carbocycles. The highest BCUT2D eigenvalue weighted by molar-refractivity contribution is 9.10. The third-order valence-electron chi connectivity index (χ3n) is 6.97. The molecule has 4 rings (SSSR count). The molecule has 0 bridgehead atoms. The number of carbonyl (C=O) groups excluding carboxylic acids is 2. The first-order valence-electron chi connectivity index (χ1n) is 12.4. The van der Waals surface area contributed by atoms with E-state index in [1.165, 1.54) is 13.2 Å². The fourth-order valence-corrected chi connectivity index (χ4v) is 5.62. The normalized spacial score (nSPS) is 22.9. The molecule has 39 heavy (non-hydrogen) atoms. The average molecular weight is 618 g/mol. The second-order valence-electron chi connectivity index (χ2n) is 10.9. The summed E-state index contributed by atoms with van der Waals surface area (Å²) >= 11 is 9.63. The van der Waals surface area contributed by atoms with Crippen molar-refractivity contribution in [3.63, 3.8) is 0 Å². The zero-order chi connectivity index (χ0) is 28.5. The van der Waals surface area contributed by atoms with Gasteiger partial charge < -0.3 is 21.1 Å². The van der Waals surface area contributed by atoms with Gasteiger partial charge in [-0.15, -0.1) is 0 Å². The molecule has 4 N–H and O–H groups in total. The zero-order valence-corrected chi connectivity index (χ0v) is 24.4. The minimum atomic E-state index is -1.27. The molecule has 1 saturated heterocycles. The summed E-state index contributed by atoms with van der Waals surface area (Å²) in [4.78, 5) is 30.3. The van der Waals surface area contributed by atoms with Gasteiger partial charge in [0.05, 0.1) is 35.0 Å². The number of ether oxygens (including phenoxy) is 1. The zero-order valence-electron chi connectivity index (χ0n) is 22.1. The van der Waals surface area contributed by atoms with Gasteiger partial charge in [0.2, 0.25) is 5.91 Å². The van der Waals surface area contributed by atoms with Crippen molar-refractivity contribution in [2.75, 3.05) is 12.4 Å². The Morgan fingerprint density at radius 3 is 2.46 bits per heavy atom. The van der Waals surface area contributed by atoms with E-state index in [9.17, 15) is 9.59 Å². The van der Waals surface area contributed by atoms with Crippen molar-refractivity contribution >= 4 is 45.1 Å². The smallest absolute Gasteiger partial charge is 0.337 e. The van der Waals surface area contributed by atoms with Crippen molar-refractivity contribution in [3.8, 4) is 0 Å². The van der Waals surface area contributed by atoms with Crippen LogP contribution in [0.4, 0.5) is 10.1 Å². The molecule has 0 spiro atoms. The van der Waals surface area contributed by atoms with E-state index in [4.69, 9.17) is 22.1 Å². The molecule has 4 atom stereocenters. The van der Waals surface area contributed by atoms with Crippen LogP contribution in [0, 0.1) is 11.2 Å². The molecule has 0 unspecified atom stereocenters. The Labute approximate surface area is 240 Å².